The van der Waals surface area contributed by atoms with E-state index in [1.165, 1.54) is 6.07 Å². The zero-order valence-electron chi connectivity index (χ0n) is 10.2. The molecular weight excluding hydrogens is 313 g/mol. The first-order valence-corrected chi connectivity index (χ1v) is 7.03. The number of nitrogens with one attached hydrogen (secondary N) is 1. The predicted octanol–water partition coefficient (Wildman–Crippen LogP) is 3.11. The lowest BCUT2D eigenvalue weighted by Gasteiger charge is -2.18. The van der Waals surface area contributed by atoms with E-state index in [-0.39, 0.29) is 11.7 Å². The van der Waals surface area contributed by atoms with Crippen molar-refractivity contribution in [1.82, 2.24) is 15.5 Å². The van der Waals surface area contributed by atoms with Crippen LogP contribution in [0.1, 0.15) is 24.7 Å². The molecule has 0 aliphatic carbocycles. The highest BCUT2D eigenvalue weighted by molar-refractivity contribution is 9.10. The molecule has 1 aromatic heterocycles. The van der Waals surface area contributed by atoms with Crippen LogP contribution < -0.4 is 5.32 Å². The molecule has 6 heteroatoms. The molecule has 1 fully saturated rings. The monoisotopic (exact) mass is 325 g/mol. The van der Waals surface area contributed by atoms with Crippen molar-refractivity contribution in [2.24, 2.45) is 0 Å². The molecular formula is C13H13BrFN3O. The SMILES string of the molecule is Fc1ccc(-c2noc(C3CCCNC3)n2)cc1Br. The van der Waals surface area contributed by atoms with E-state index in [0.717, 1.165) is 31.5 Å². The van der Waals surface area contributed by atoms with Gasteiger partial charge in [-0.1, -0.05) is 5.16 Å². The number of benzene rings is 1. The number of hydrogen-bond acceptors (Lipinski definition) is 4. The van der Waals surface area contributed by atoms with Crippen LogP contribution in [0.5, 0.6) is 0 Å². The van der Waals surface area contributed by atoms with Crippen LogP contribution >= 0.6 is 15.9 Å². The van der Waals surface area contributed by atoms with Crippen molar-refractivity contribution in [1.29, 1.82) is 0 Å². The largest absolute Gasteiger partial charge is 0.339 e. The van der Waals surface area contributed by atoms with Crippen molar-refractivity contribution >= 4 is 15.9 Å². The lowest BCUT2D eigenvalue weighted by molar-refractivity contribution is 0.322. The van der Waals surface area contributed by atoms with Gasteiger partial charge in [0.05, 0.1) is 10.4 Å². The standard InChI is InChI=1S/C13H13BrFN3O/c14-10-6-8(3-4-11(10)15)12-17-13(19-18-12)9-2-1-5-16-7-9/h3-4,6,9,16H,1-2,5,7H2. The minimum absolute atomic E-state index is 0.277. The van der Waals surface area contributed by atoms with Gasteiger partial charge in [-0.2, -0.15) is 4.98 Å². The van der Waals surface area contributed by atoms with Gasteiger partial charge in [-0.25, -0.2) is 4.39 Å². The lowest BCUT2D eigenvalue weighted by atomic mass is 10.00. The fraction of sp³-hybridized carbons (Fsp3) is 0.385. The smallest absolute Gasteiger partial charge is 0.231 e. The van der Waals surface area contributed by atoms with E-state index in [1.54, 1.807) is 12.1 Å². The normalized spacial score (nSPS) is 19.6. The summed E-state index contributed by atoms with van der Waals surface area (Å²) in [6, 6.07) is 4.69. The Hall–Kier alpha value is -1.27. The fourth-order valence-electron chi connectivity index (χ4n) is 2.22. The van der Waals surface area contributed by atoms with Gasteiger partial charge in [0.1, 0.15) is 5.82 Å². The van der Waals surface area contributed by atoms with Crippen LogP contribution in [0.15, 0.2) is 27.2 Å². The van der Waals surface area contributed by atoms with Crippen LogP contribution in [0.25, 0.3) is 11.4 Å². The quantitative estimate of drug-likeness (QED) is 0.921. The number of nitrogens with zero attached hydrogens (tertiary/aromatic N) is 2. The van der Waals surface area contributed by atoms with Gasteiger partial charge in [0.25, 0.3) is 0 Å². The summed E-state index contributed by atoms with van der Waals surface area (Å²) in [5.74, 6) is 1.13. The molecule has 19 heavy (non-hydrogen) atoms. The third-order valence-electron chi connectivity index (χ3n) is 3.27. The molecule has 4 nitrogen and oxygen atoms in total. The summed E-state index contributed by atoms with van der Waals surface area (Å²) in [5.41, 5.74) is 0.743. The summed E-state index contributed by atoms with van der Waals surface area (Å²) in [6.45, 7) is 1.91. The van der Waals surface area contributed by atoms with Crippen molar-refractivity contribution in [2.45, 2.75) is 18.8 Å². The summed E-state index contributed by atoms with van der Waals surface area (Å²) >= 11 is 3.16. The summed E-state index contributed by atoms with van der Waals surface area (Å²) in [4.78, 5) is 4.41. The Labute approximate surface area is 118 Å². The Morgan fingerprint density at radius 3 is 3.05 bits per heavy atom. The van der Waals surface area contributed by atoms with Crippen LogP contribution in [0.2, 0.25) is 0 Å². The Bertz CT molecular complexity index is 581. The second-order valence-electron chi connectivity index (χ2n) is 4.63. The number of hydrogen-bond donors (Lipinski definition) is 1. The van der Waals surface area contributed by atoms with Crippen LogP contribution in [0.3, 0.4) is 0 Å². The van der Waals surface area contributed by atoms with E-state index in [1.807, 2.05) is 0 Å². The average Bonchev–Trinajstić information content (AvgIpc) is 2.93. The number of halogens is 2. The molecule has 1 aliphatic heterocycles. The molecule has 1 N–H and O–H groups in total. The predicted molar refractivity (Wildman–Crippen MR) is 72.2 cm³/mol. The first kappa shape index (κ1) is 12.7. The molecule has 1 aromatic carbocycles. The number of piperidine rings is 1. The molecule has 3 rings (SSSR count). The zero-order valence-corrected chi connectivity index (χ0v) is 11.8. The maximum absolute atomic E-state index is 13.2. The van der Waals surface area contributed by atoms with Gasteiger partial charge in [0, 0.05) is 12.1 Å². The molecule has 0 bridgehead atoms. The Kier molecular flexibility index (Phi) is 3.61. The van der Waals surface area contributed by atoms with Crippen molar-refractivity contribution in [3.05, 3.63) is 34.4 Å². The summed E-state index contributed by atoms with van der Waals surface area (Å²) < 4.78 is 18.9. The van der Waals surface area contributed by atoms with Gasteiger partial charge in [0.2, 0.25) is 11.7 Å². The molecule has 1 atom stereocenters. The third-order valence-corrected chi connectivity index (χ3v) is 3.87. The van der Waals surface area contributed by atoms with Gasteiger partial charge in [-0.3, -0.25) is 0 Å². The fourth-order valence-corrected chi connectivity index (χ4v) is 2.59. The molecule has 0 amide bonds. The van der Waals surface area contributed by atoms with Crippen molar-refractivity contribution in [3.8, 4) is 11.4 Å². The minimum Gasteiger partial charge on any atom is -0.339 e. The molecule has 0 saturated carbocycles. The van der Waals surface area contributed by atoms with E-state index in [9.17, 15) is 4.39 Å². The number of rotatable bonds is 2. The van der Waals surface area contributed by atoms with E-state index < -0.39 is 0 Å². The zero-order chi connectivity index (χ0) is 13.2. The van der Waals surface area contributed by atoms with Gasteiger partial charge in [0.15, 0.2) is 0 Å². The number of aromatic nitrogens is 2. The van der Waals surface area contributed by atoms with Crippen molar-refractivity contribution in [2.75, 3.05) is 13.1 Å². The van der Waals surface area contributed by atoms with E-state index in [4.69, 9.17) is 4.52 Å². The average molecular weight is 326 g/mol. The molecule has 0 spiro atoms. The Morgan fingerprint density at radius 2 is 2.32 bits per heavy atom. The summed E-state index contributed by atoms with van der Waals surface area (Å²) in [5, 5.41) is 7.29. The van der Waals surface area contributed by atoms with Crippen molar-refractivity contribution < 1.29 is 8.91 Å². The van der Waals surface area contributed by atoms with Crippen LogP contribution in [0, 0.1) is 5.82 Å². The molecule has 1 saturated heterocycles. The second-order valence-corrected chi connectivity index (χ2v) is 5.48. The molecule has 2 aromatic rings. The van der Waals surface area contributed by atoms with E-state index in [2.05, 4.69) is 31.4 Å². The molecule has 100 valence electrons. The van der Waals surface area contributed by atoms with Gasteiger partial charge < -0.3 is 9.84 Å². The van der Waals surface area contributed by atoms with Crippen molar-refractivity contribution in [3.63, 3.8) is 0 Å². The van der Waals surface area contributed by atoms with E-state index >= 15 is 0 Å². The van der Waals surface area contributed by atoms with Crippen LogP contribution in [-0.2, 0) is 0 Å². The van der Waals surface area contributed by atoms with Gasteiger partial charge in [-0.05, 0) is 53.5 Å². The highest BCUT2D eigenvalue weighted by atomic mass is 79.9. The first-order valence-electron chi connectivity index (χ1n) is 6.24. The molecule has 0 radical (unpaired) electrons. The maximum atomic E-state index is 13.2. The molecule has 2 heterocycles. The lowest BCUT2D eigenvalue weighted by Crippen LogP contribution is -2.28. The van der Waals surface area contributed by atoms with Crippen LogP contribution in [-0.4, -0.2) is 23.2 Å². The van der Waals surface area contributed by atoms with Crippen LogP contribution in [0.4, 0.5) is 4.39 Å². The molecule has 1 unspecified atom stereocenters. The third kappa shape index (κ3) is 2.69. The Balaban J connectivity index is 1.85. The van der Waals surface area contributed by atoms with E-state index in [0.29, 0.717) is 16.2 Å². The van der Waals surface area contributed by atoms with Gasteiger partial charge >= 0.3 is 0 Å². The summed E-state index contributed by atoms with van der Waals surface area (Å²) in [6.07, 6.45) is 2.17. The highest BCUT2D eigenvalue weighted by Crippen LogP contribution is 2.26. The highest BCUT2D eigenvalue weighted by Gasteiger charge is 2.21. The molecule has 1 aliphatic rings. The topological polar surface area (TPSA) is 51.0 Å². The minimum atomic E-state index is -0.302. The summed E-state index contributed by atoms with van der Waals surface area (Å²) in [7, 11) is 0. The first-order chi connectivity index (χ1) is 9.24. The van der Waals surface area contributed by atoms with Gasteiger partial charge in [-0.15, -0.1) is 0 Å². The second kappa shape index (κ2) is 5.38. The Morgan fingerprint density at radius 1 is 1.42 bits per heavy atom. The maximum Gasteiger partial charge on any atom is 0.231 e.